The van der Waals surface area contributed by atoms with Gasteiger partial charge in [0.05, 0.1) is 0 Å². The summed E-state index contributed by atoms with van der Waals surface area (Å²) >= 11 is 1.45. The molecule has 1 heterocycles. The first kappa shape index (κ1) is 17.0. The zero-order valence-electron chi connectivity index (χ0n) is 13.6. The van der Waals surface area contributed by atoms with E-state index in [2.05, 4.69) is 19.2 Å². The number of rotatable bonds is 5. The predicted molar refractivity (Wildman–Crippen MR) is 88.3 cm³/mol. The van der Waals surface area contributed by atoms with E-state index in [-0.39, 0.29) is 18.6 Å². The van der Waals surface area contributed by atoms with Crippen LogP contribution in [0.25, 0.3) is 0 Å². The number of aryl methyl sites for hydroxylation is 2. The van der Waals surface area contributed by atoms with Gasteiger partial charge in [-0.1, -0.05) is 13.8 Å². The lowest BCUT2D eigenvalue weighted by molar-refractivity contribution is -0.125. The molecule has 0 atom stereocenters. The number of thiophene rings is 1. The van der Waals surface area contributed by atoms with Gasteiger partial charge in [0.15, 0.2) is 6.61 Å². The summed E-state index contributed by atoms with van der Waals surface area (Å²) in [5.74, 6) is 0.151. The van der Waals surface area contributed by atoms with Crippen LogP contribution in [0, 0.1) is 12.8 Å². The third-order valence-corrected chi connectivity index (χ3v) is 5.62. The number of esters is 1. The standard InChI is InChI=1S/C17H25NO3S/c1-4-14-12(3)9-15(22-14)17(20)21-10-16(19)18-13-7-5-11(2)6-8-13/h9,11,13H,4-8,10H2,1-3H3,(H,18,19). The van der Waals surface area contributed by atoms with E-state index in [1.807, 2.05) is 13.0 Å². The summed E-state index contributed by atoms with van der Waals surface area (Å²) in [7, 11) is 0. The van der Waals surface area contributed by atoms with Gasteiger partial charge in [0.2, 0.25) is 0 Å². The minimum absolute atomic E-state index is 0.191. The molecule has 0 spiro atoms. The fourth-order valence-electron chi connectivity index (χ4n) is 2.85. The van der Waals surface area contributed by atoms with Gasteiger partial charge in [0.1, 0.15) is 4.88 Å². The predicted octanol–water partition coefficient (Wildman–Crippen LogP) is 3.47. The van der Waals surface area contributed by atoms with Crippen LogP contribution in [0.5, 0.6) is 0 Å². The second-order valence-electron chi connectivity index (χ2n) is 6.17. The minimum atomic E-state index is -0.403. The molecule has 1 saturated carbocycles. The van der Waals surface area contributed by atoms with Gasteiger partial charge in [0, 0.05) is 10.9 Å². The Balaban J connectivity index is 1.76. The Morgan fingerprint density at radius 3 is 2.59 bits per heavy atom. The molecule has 1 aliphatic rings. The molecule has 0 radical (unpaired) electrons. The number of nitrogens with one attached hydrogen (secondary N) is 1. The van der Waals surface area contributed by atoms with Crippen LogP contribution >= 0.6 is 11.3 Å². The lowest BCUT2D eigenvalue weighted by atomic mass is 9.87. The Labute approximate surface area is 136 Å². The summed E-state index contributed by atoms with van der Waals surface area (Å²) in [6.07, 6.45) is 5.25. The first-order valence-electron chi connectivity index (χ1n) is 8.05. The van der Waals surface area contributed by atoms with Crippen molar-refractivity contribution >= 4 is 23.2 Å². The highest BCUT2D eigenvalue weighted by atomic mass is 32.1. The maximum atomic E-state index is 12.0. The highest BCUT2D eigenvalue weighted by Gasteiger charge is 2.20. The third kappa shape index (κ3) is 4.57. The van der Waals surface area contributed by atoms with Crippen LogP contribution in [0.3, 0.4) is 0 Å². The van der Waals surface area contributed by atoms with Crippen LogP contribution in [0.4, 0.5) is 0 Å². The van der Waals surface area contributed by atoms with Crippen LogP contribution in [-0.4, -0.2) is 24.5 Å². The van der Waals surface area contributed by atoms with Crippen molar-refractivity contribution in [2.75, 3.05) is 6.61 Å². The van der Waals surface area contributed by atoms with Gasteiger partial charge in [-0.15, -0.1) is 11.3 Å². The van der Waals surface area contributed by atoms with Crippen LogP contribution in [0.15, 0.2) is 6.07 Å². The largest absolute Gasteiger partial charge is 0.451 e. The Bertz CT molecular complexity index is 530. The van der Waals surface area contributed by atoms with E-state index in [1.165, 1.54) is 16.2 Å². The van der Waals surface area contributed by atoms with Crippen LogP contribution in [-0.2, 0) is 16.0 Å². The molecule has 0 aromatic carbocycles. The molecule has 0 unspecified atom stereocenters. The van der Waals surface area contributed by atoms with Crippen molar-refractivity contribution in [1.29, 1.82) is 0 Å². The molecule has 1 N–H and O–H groups in total. The maximum Gasteiger partial charge on any atom is 0.348 e. The molecule has 1 aromatic heterocycles. The molecule has 5 heteroatoms. The second kappa shape index (κ2) is 7.77. The van der Waals surface area contributed by atoms with E-state index in [1.54, 1.807) is 0 Å². The van der Waals surface area contributed by atoms with E-state index >= 15 is 0 Å². The summed E-state index contributed by atoms with van der Waals surface area (Å²) in [6, 6.07) is 2.07. The summed E-state index contributed by atoms with van der Waals surface area (Å²) in [4.78, 5) is 25.6. The average Bonchev–Trinajstić information content (AvgIpc) is 2.88. The lowest BCUT2D eigenvalue weighted by Crippen LogP contribution is -2.39. The van der Waals surface area contributed by atoms with Gasteiger partial charge in [-0.3, -0.25) is 4.79 Å². The van der Waals surface area contributed by atoms with Gasteiger partial charge >= 0.3 is 5.97 Å². The number of carbonyl (C=O) groups is 2. The van der Waals surface area contributed by atoms with Gasteiger partial charge in [0.25, 0.3) is 5.91 Å². The van der Waals surface area contributed by atoms with Crippen molar-refractivity contribution in [1.82, 2.24) is 5.32 Å². The molecule has 4 nitrogen and oxygen atoms in total. The summed E-state index contributed by atoms with van der Waals surface area (Å²) in [6.45, 7) is 6.10. The van der Waals surface area contributed by atoms with Crippen LogP contribution in [0.1, 0.15) is 59.6 Å². The molecule has 0 bridgehead atoms. The molecule has 122 valence electrons. The Morgan fingerprint density at radius 2 is 2.00 bits per heavy atom. The minimum Gasteiger partial charge on any atom is -0.451 e. The smallest absolute Gasteiger partial charge is 0.348 e. The van der Waals surface area contributed by atoms with Crippen molar-refractivity contribution in [3.05, 3.63) is 21.4 Å². The fraction of sp³-hybridized carbons (Fsp3) is 0.647. The molecule has 22 heavy (non-hydrogen) atoms. The van der Waals surface area contributed by atoms with E-state index < -0.39 is 5.97 Å². The zero-order chi connectivity index (χ0) is 16.1. The fourth-order valence-corrected chi connectivity index (χ4v) is 3.86. The zero-order valence-corrected chi connectivity index (χ0v) is 14.4. The SMILES string of the molecule is CCc1sc(C(=O)OCC(=O)NC2CCC(C)CC2)cc1C. The van der Waals surface area contributed by atoms with Crippen molar-refractivity contribution in [2.24, 2.45) is 5.92 Å². The first-order valence-corrected chi connectivity index (χ1v) is 8.87. The maximum absolute atomic E-state index is 12.0. The Kier molecular flexibility index (Phi) is 6.00. The van der Waals surface area contributed by atoms with Crippen molar-refractivity contribution in [3.63, 3.8) is 0 Å². The molecule has 1 amide bonds. The molecular weight excluding hydrogens is 298 g/mol. The molecule has 1 fully saturated rings. The van der Waals surface area contributed by atoms with E-state index in [0.29, 0.717) is 4.88 Å². The molecular formula is C17H25NO3S. The quantitative estimate of drug-likeness (QED) is 0.844. The summed E-state index contributed by atoms with van der Waals surface area (Å²) < 4.78 is 5.12. The number of carbonyl (C=O) groups excluding carboxylic acids is 2. The monoisotopic (exact) mass is 323 g/mol. The van der Waals surface area contributed by atoms with Gasteiger partial charge in [-0.2, -0.15) is 0 Å². The Morgan fingerprint density at radius 1 is 1.32 bits per heavy atom. The highest BCUT2D eigenvalue weighted by molar-refractivity contribution is 7.14. The van der Waals surface area contributed by atoms with Crippen molar-refractivity contribution in [2.45, 2.75) is 58.9 Å². The Hall–Kier alpha value is -1.36. The molecule has 1 aromatic rings. The number of hydrogen-bond acceptors (Lipinski definition) is 4. The topological polar surface area (TPSA) is 55.4 Å². The summed E-state index contributed by atoms with van der Waals surface area (Å²) in [5.41, 5.74) is 1.11. The molecule has 2 rings (SSSR count). The van der Waals surface area contributed by atoms with Gasteiger partial charge in [-0.05, 0) is 56.6 Å². The van der Waals surface area contributed by atoms with Crippen LogP contribution < -0.4 is 5.32 Å². The van der Waals surface area contributed by atoms with Gasteiger partial charge < -0.3 is 10.1 Å². The summed E-state index contributed by atoms with van der Waals surface area (Å²) in [5, 5.41) is 2.96. The molecule has 0 aliphatic heterocycles. The normalized spacial score (nSPS) is 21.4. The second-order valence-corrected chi connectivity index (χ2v) is 7.31. The van der Waals surface area contributed by atoms with Crippen molar-refractivity contribution < 1.29 is 14.3 Å². The molecule has 1 aliphatic carbocycles. The number of ether oxygens (including phenoxy) is 1. The van der Waals surface area contributed by atoms with Gasteiger partial charge in [-0.25, -0.2) is 4.79 Å². The molecule has 0 saturated heterocycles. The van der Waals surface area contributed by atoms with E-state index in [0.717, 1.165) is 43.6 Å². The first-order chi connectivity index (χ1) is 10.5. The third-order valence-electron chi connectivity index (χ3n) is 4.26. The number of amides is 1. The highest BCUT2D eigenvalue weighted by Crippen LogP contribution is 2.24. The number of hydrogen-bond donors (Lipinski definition) is 1. The van der Waals surface area contributed by atoms with E-state index in [9.17, 15) is 9.59 Å². The van der Waals surface area contributed by atoms with Crippen molar-refractivity contribution in [3.8, 4) is 0 Å². The average molecular weight is 323 g/mol. The van der Waals surface area contributed by atoms with E-state index in [4.69, 9.17) is 4.74 Å². The van der Waals surface area contributed by atoms with Crippen LogP contribution in [0.2, 0.25) is 0 Å². The lowest BCUT2D eigenvalue weighted by Gasteiger charge is -2.26.